The fourth-order valence-corrected chi connectivity index (χ4v) is 5.83. The molecule has 8 nitrogen and oxygen atoms in total. The quantitative estimate of drug-likeness (QED) is 0.566. The number of rotatable bonds is 6. The van der Waals surface area contributed by atoms with Gasteiger partial charge in [-0.25, -0.2) is 4.98 Å². The number of nitriles is 1. The van der Waals surface area contributed by atoms with Crippen LogP contribution in [0.4, 0.5) is 5.69 Å². The van der Waals surface area contributed by atoms with Gasteiger partial charge in [-0.3, -0.25) is 4.79 Å². The number of benzene rings is 1. The van der Waals surface area contributed by atoms with Crippen molar-refractivity contribution in [1.82, 2.24) is 19.7 Å². The second-order valence-electron chi connectivity index (χ2n) is 10.6. The zero-order valence-corrected chi connectivity index (χ0v) is 20.4. The molecule has 0 atom stereocenters. The molecule has 0 saturated heterocycles. The molecule has 1 amide bonds. The minimum atomic E-state index is -0.340. The van der Waals surface area contributed by atoms with Gasteiger partial charge in [-0.1, -0.05) is 26.0 Å². The number of nitrogens with zero attached hydrogens (tertiary/aromatic N) is 5. The number of aromatic nitrogens is 4. The van der Waals surface area contributed by atoms with E-state index < -0.39 is 0 Å². The standard InChI is InChI=1S/C27H30N6O2/c1-26(2)9-7-21-18(15-34)11-22(31-23(21)26)24(35)30-20-6-4-5-19(12-20)27(13-17(14-27)8-10-28)25-32-29-16-33(25)3/h4-6,11-12,16-17,34H,7-9,13-15H2,1-3H3,(H,30,35). The topological polar surface area (TPSA) is 117 Å². The first-order chi connectivity index (χ1) is 16.8. The van der Waals surface area contributed by atoms with E-state index >= 15 is 0 Å². The largest absolute Gasteiger partial charge is 0.392 e. The van der Waals surface area contributed by atoms with E-state index in [0.29, 0.717) is 23.7 Å². The fraction of sp³-hybridized carbons (Fsp3) is 0.444. The molecule has 35 heavy (non-hydrogen) atoms. The molecule has 0 spiro atoms. The monoisotopic (exact) mass is 470 g/mol. The summed E-state index contributed by atoms with van der Waals surface area (Å²) in [5, 5.41) is 30.5. The third-order valence-corrected chi connectivity index (χ3v) is 7.73. The number of aryl methyl sites for hydroxylation is 1. The Hall–Kier alpha value is -3.57. The van der Waals surface area contributed by atoms with Gasteiger partial charge >= 0.3 is 0 Å². The van der Waals surface area contributed by atoms with E-state index in [-0.39, 0.29) is 23.3 Å². The Morgan fingerprint density at radius 3 is 2.80 bits per heavy atom. The van der Waals surface area contributed by atoms with E-state index in [4.69, 9.17) is 10.2 Å². The van der Waals surface area contributed by atoms with Crippen LogP contribution in [0.2, 0.25) is 0 Å². The third kappa shape index (κ3) is 3.90. The summed E-state index contributed by atoms with van der Waals surface area (Å²) in [5.41, 5.74) is 4.31. The summed E-state index contributed by atoms with van der Waals surface area (Å²) in [6.07, 6.45) is 5.65. The minimum absolute atomic E-state index is 0.110. The molecule has 8 heteroatoms. The Labute approximate surface area is 205 Å². The van der Waals surface area contributed by atoms with Gasteiger partial charge in [0.25, 0.3) is 5.91 Å². The maximum absolute atomic E-state index is 13.2. The van der Waals surface area contributed by atoms with Crippen molar-refractivity contribution >= 4 is 11.6 Å². The average molecular weight is 471 g/mol. The number of nitrogens with one attached hydrogen (secondary N) is 1. The Kier molecular flexibility index (Phi) is 5.68. The molecule has 2 aliphatic rings. The zero-order chi connectivity index (χ0) is 24.8. The predicted octanol–water partition coefficient (Wildman–Crippen LogP) is 3.79. The molecular formula is C27H30N6O2. The molecule has 3 aromatic rings. The normalized spacial score (nSPS) is 22.2. The molecule has 0 unspecified atom stereocenters. The molecule has 1 aromatic carbocycles. The highest BCUT2D eigenvalue weighted by atomic mass is 16.3. The molecule has 1 saturated carbocycles. The molecule has 0 radical (unpaired) electrons. The number of amides is 1. The van der Waals surface area contributed by atoms with Gasteiger partial charge in [-0.05, 0) is 66.5 Å². The van der Waals surface area contributed by atoms with Crippen molar-refractivity contribution in [3.8, 4) is 6.07 Å². The second kappa shape index (κ2) is 8.58. The molecule has 2 aromatic heterocycles. The van der Waals surface area contributed by atoms with Gasteiger partial charge < -0.3 is 15.0 Å². The van der Waals surface area contributed by atoms with Gasteiger partial charge in [0, 0.05) is 24.6 Å². The number of hydrogen-bond donors (Lipinski definition) is 2. The van der Waals surface area contributed by atoms with Crippen molar-refractivity contribution in [2.24, 2.45) is 13.0 Å². The van der Waals surface area contributed by atoms with Gasteiger partial charge in [-0.15, -0.1) is 10.2 Å². The first-order valence-corrected chi connectivity index (χ1v) is 12.0. The summed E-state index contributed by atoms with van der Waals surface area (Å²) in [5.74, 6) is 0.877. The van der Waals surface area contributed by atoms with Gasteiger partial charge in [0.15, 0.2) is 0 Å². The molecule has 1 fully saturated rings. The van der Waals surface area contributed by atoms with E-state index in [9.17, 15) is 9.90 Å². The summed E-state index contributed by atoms with van der Waals surface area (Å²) >= 11 is 0. The van der Waals surface area contributed by atoms with Crippen LogP contribution < -0.4 is 5.32 Å². The number of fused-ring (bicyclic) bond motifs is 1. The molecule has 2 heterocycles. The van der Waals surface area contributed by atoms with Crippen LogP contribution in [0.3, 0.4) is 0 Å². The number of carbonyl (C=O) groups is 1. The maximum atomic E-state index is 13.2. The SMILES string of the molecule is Cn1cnnc1C1(c2cccc(NC(=O)c3cc(CO)c4c(n3)C(C)(C)CC4)c2)CC(CC#N)C1. The van der Waals surface area contributed by atoms with E-state index in [0.717, 1.165) is 53.9 Å². The zero-order valence-electron chi connectivity index (χ0n) is 20.4. The lowest BCUT2D eigenvalue weighted by atomic mass is 9.57. The van der Waals surface area contributed by atoms with Crippen LogP contribution in [0.15, 0.2) is 36.7 Å². The number of hydrogen-bond acceptors (Lipinski definition) is 6. The van der Waals surface area contributed by atoms with Crippen molar-refractivity contribution in [1.29, 1.82) is 5.26 Å². The number of aliphatic hydroxyl groups is 1. The first kappa shape index (κ1) is 23.2. The Morgan fingerprint density at radius 1 is 1.31 bits per heavy atom. The average Bonchev–Trinajstić information content (AvgIpc) is 3.38. The summed E-state index contributed by atoms with van der Waals surface area (Å²) in [6.45, 7) is 4.14. The predicted molar refractivity (Wildman–Crippen MR) is 131 cm³/mol. The number of aliphatic hydroxyl groups excluding tert-OH is 1. The second-order valence-corrected chi connectivity index (χ2v) is 10.6. The third-order valence-electron chi connectivity index (χ3n) is 7.73. The van der Waals surface area contributed by atoms with E-state index in [2.05, 4.69) is 35.4 Å². The van der Waals surface area contributed by atoms with Crippen LogP contribution in [-0.2, 0) is 30.9 Å². The van der Waals surface area contributed by atoms with Gasteiger partial charge in [-0.2, -0.15) is 5.26 Å². The van der Waals surface area contributed by atoms with Crippen molar-refractivity contribution in [2.45, 2.75) is 63.4 Å². The molecule has 5 rings (SSSR count). The minimum Gasteiger partial charge on any atom is -0.392 e. The van der Waals surface area contributed by atoms with Crippen LogP contribution in [0.5, 0.6) is 0 Å². The van der Waals surface area contributed by atoms with Crippen LogP contribution >= 0.6 is 0 Å². The van der Waals surface area contributed by atoms with Crippen LogP contribution in [-0.4, -0.2) is 30.8 Å². The van der Waals surface area contributed by atoms with Crippen molar-refractivity contribution in [3.63, 3.8) is 0 Å². The Balaban J connectivity index is 1.45. The Morgan fingerprint density at radius 2 is 2.11 bits per heavy atom. The Bertz CT molecular complexity index is 1330. The van der Waals surface area contributed by atoms with Gasteiger partial charge in [0.1, 0.15) is 17.8 Å². The molecule has 2 N–H and O–H groups in total. The lowest BCUT2D eigenvalue weighted by Gasteiger charge is -2.46. The summed E-state index contributed by atoms with van der Waals surface area (Å²) in [6, 6.07) is 11.8. The van der Waals surface area contributed by atoms with E-state index in [1.54, 1.807) is 12.4 Å². The maximum Gasteiger partial charge on any atom is 0.274 e. The van der Waals surface area contributed by atoms with Gasteiger partial charge in [0.05, 0.1) is 23.8 Å². The van der Waals surface area contributed by atoms with Gasteiger partial charge in [0.2, 0.25) is 0 Å². The molecule has 180 valence electrons. The summed E-state index contributed by atoms with van der Waals surface area (Å²) < 4.78 is 1.93. The smallest absolute Gasteiger partial charge is 0.274 e. The van der Waals surface area contributed by atoms with Crippen LogP contribution in [0.1, 0.15) is 78.2 Å². The molecule has 0 bridgehead atoms. The highest BCUT2D eigenvalue weighted by Gasteiger charge is 2.49. The van der Waals surface area contributed by atoms with Crippen molar-refractivity contribution in [2.75, 3.05) is 5.32 Å². The van der Waals surface area contributed by atoms with Crippen molar-refractivity contribution < 1.29 is 9.90 Å². The number of pyridine rings is 1. The van der Waals surface area contributed by atoms with E-state index in [1.807, 2.05) is 35.9 Å². The molecule has 2 aliphatic carbocycles. The van der Waals surface area contributed by atoms with Crippen molar-refractivity contribution in [3.05, 3.63) is 70.6 Å². The highest BCUT2D eigenvalue weighted by Crippen LogP contribution is 2.53. The van der Waals surface area contributed by atoms with Crippen LogP contribution in [0.25, 0.3) is 0 Å². The molecule has 0 aliphatic heterocycles. The fourth-order valence-electron chi connectivity index (χ4n) is 5.83. The lowest BCUT2D eigenvalue weighted by molar-refractivity contribution is 0.102. The lowest BCUT2D eigenvalue weighted by Crippen LogP contribution is -2.44. The summed E-state index contributed by atoms with van der Waals surface area (Å²) in [7, 11) is 1.93. The number of carbonyl (C=O) groups excluding carboxylic acids is 1. The highest BCUT2D eigenvalue weighted by molar-refractivity contribution is 6.03. The number of anilines is 1. The first-order valence-electron chi connectivity index (χ1n) is 12.0. The van der Waals surface area contributed by atoms with E-state index in [1.165, 1.54) is 0 Å². The molecular weight excluding hydrogens is 440 g/mol. The van der Waals surface area contributed by atoms with Crippen LogP contribution in [0, 0.1) is 17.2 Å². The summed E-state index contributed by atoms with van der Waals surface area (Å²) in [4.78, 5) is 18.0.